The zero-order valence-electron chi connectivity index (χ0n) is 3.60. The molecule has 0 bridgehead atoms. The van der Waals surface area contributed by atoms with E-state index in [2.05, 4.69) is 19.8 Å². The van der Waals surface area contributed by atoms with E-state index in [0.717, 1.165) is 6.29 Å². The summed E-state index contributed by atoms with van der Waals surface area (Å²) in [6.45, 7) is 1.81. The largest absolute Gasteiger partial charge is 0.303 e. The Labute approximate surface area is 45.0 Å². The van der Waals surface area contributed by atoms with E-state index < -0.39 is 0 Å². The van der Waals surface area contributed by atoms with Crippen LogP contribution in [0, 0.1) is 0 Å². The van der Waals surface area contributed by atoms with Gasteiger partial charge >= 0.3 is 0 Å². The zero-order chi connectivity index (χ0) is 5.41. The minimum Gasteiger partial charge on any atom is -0.303 e. The van der Waals surface area contributed by atoms with Crippen LogP contribution in [0.1, 0.15) is 13.3 Å². The Bertz CT molecular complexity index is 32.0. The smallest absolute Gasteiger partial charge is 0.119 e. The first-order chi connectivity index (χ1) is 2.91. The van der Waals surface area contributed by atoms with Crippen LogP contribution in [0.5, 0.6) is 0 Å². The standard InChI is InChI=1S/C3H6O.HPS/c1-2-3-4;1-2/h3H,2H2,1H3;1H. The summed E-state index contributed by atoms with van der Waals surface area (Å²) in [6.07, 6.45) is 1.51. The fraction of sp³-hybridized carbons (Fsp3) is 0.667. The molecule has 0 aliphatic heterocycles. The van der Waals surface area contributed by atoms with Crippen molar-refractivity contribution in [2.24, 2.45) is 0 Å². The number of carbonyl (C=O) groups excluding carboxylic acids is 1. The highest BCUT2D eigenvalue weighted by molar-refractivity contribution is 7.88. The molecule has 6 heavy (non-hydrogen) atoms. The van der Waals surface area contributed by atoms with Crippen molar-refractivity contribution in [2.45, 2.75) is 13.3 Å². The van der Waals surface area contributed by atoms with E-state index in [1.165, 1.54) is 0 Å². The first kappa shape index (κ1) is 9.50. The molecule has 0 amide bonds. The molecule has 36 valence electrons. The molecule has 0 spiro atoms. The summed E-state index contributed by atoms with van der Waals surface area (Å²) in [5.41, 5.74) is 0. The van der Waals surface area contributed by atoms with E-state index in [-0.39, 0.29) is 0 Å². The topological polar surface area (TPSA) is 17.1 Å². The second-order valence-corrected chi connectivity index (χ2v) is 0.575. The van der Waals surface area contributed by atoms with Crippen molar-refractivity contribution in [3.8, 4) is 0 Å². The van der Waals surface area contributed by atoms with Crippen LogP contribution in [0.2, 0.25) is 0 Å². The highest BCUT2D eigenvalue weighted by Crippen LogP contribution is 1.53. The van der Waals surface area contributed by atoms with Crippen LogP contribution >= 0.6 is 8.02 Å². The van der Waals surface area contributed by atoms with E-state index in [1.54, 1.807) is 0 Å². The van der Waals surface area contributed by atoms with Crippen LogP contribution in [-0.2, 0) is 16.6 Å². The monoisotopic (exact) mass is 122 g/mol. The number of rotatable bonds is 1. The summed E-state index contributed by atoms with van der Waals surface area (Å²) >= 11 is 3.89. The Morgan fingerprint density at radius 2 is 2.00 bits per heavy atom. The second-order valence-electron chi connectivity index (χ2n) is 0.575. The molecule has 0 heterocycles. The normalized spacial score (nSPS) is 4.83. The molecule has 0 aromatic carbocycles. The number of hydrogen-bond donors (Lipinski definition) is 0. The molecule has 3 heteroatoms. The van der Waals surface area contributed by atoms with Gasteiger partial charge in [-0.25, -0.2) is 0 Å². The molecule has 1 nitrogen and oxygen atoms in total. The van der Waals surface area contributed by atoms with Gasteiger partial charge in [0, 0.05) is 6.42 Å². The first-order valence-electron chi connectivity index (χ1n) is 1.56. The fourth-order valence-corrected chi connectivity index (χ4v) is 0. The quantitative estimate of drug-likeness (QED) is 0.384. The maximum absolute atomic E-state index is 9.17. The first-order valence-corrected chi connectivity index (χ1v) is 3.19. The Balaban J connectivity index is 0. The fourth-order valence-electron chi connectivity index (χ4n) is 0. The molecule has 0 rings (SSSR count). The van der Waals surface area contributed by atoms with E-state index in [1.807, 2.05) is 6.92 Å². The average Bonchev–Trinajstić information content (AvgIpc) is 1.72. The summed E-state index contributed by atoms with van der Waals surface area (Å²) in [6, 6.07) is 0. The minimum absolute atomic E-state index is 0.639. The molecule has 0 saturated heterocycles. The number of aldehydes is 1. The van der Waals surface area contributed by atoms with E-state index in [9.17, 15) is 4.79 Å². The van der Waals surface area contributed by atoms with Gasteiger partial charge in [0.25, 0.3) is 0 Å². The third kappa shape index (κ3) is 30.1. The summed E-state index contributed by atoms with van der Waals surface area (Å²) in [4.78, 5) is 9.17. The van der Waals surface area contributed by atoms with Gasteiger partial charge in [-0.1, -0.05) is 18.7 Å². The lowest BCUT2D eigenvalue weighted by Gasteiger charge is -1.51. The van der Waals surface area contributed by atoms with Crippen molar-refractivity contribution in [1.29, 1.82) is 0 Å². The SMILES string of the molecule is CCC=O.P=S. The summed E-state index contributed by atoms with van der Waals surface area (Å²) in [5.74, 6) is 0. The van der Waals surface area contributed by atoms with E-state index >= 15 is 0 Å². The number of hydrogen-bond acceptors (Lipinski definition) is 2. The second kappa shape index (κ2) is 19.0. The predicted molar refractivity (Wildman–Crippen MR) is 32.0 cm³/mol. The lowest BCUT2D eigenvalue weighted by molar-refractivity contribution is -0.107. The molecule has 0 fully saturated rings. The lowest BCUT2D eigenvalue weighted by Crippen LogP contribution is -1.55. The Morgan fingerprint density at radius 1 is 1.83 bits per heavy atom. The number of carbonyl (C=O) groups is 1. The highest BCUT2D eigenvalue weighted by Gasteiger charge is 1.52. The maximum Gasteiger partial charge on any atom is 0.119 e. The highest BCUT2D eigenvalue weighted by atomic mass is 32.4. The van der Waals surface area contributed by atoms with Gasteiger partial charge in [-0.3, -0.25) is 0 Å². The summed E-state index contributed by atoms with van der Waals surface area (Å²) < 4.78 is 0. The van der Waals surface area contributed by atoms with Gasteiger partial charge < -0.3 is 4.79 Å². The molecular weight excluding hydrogens is 115 g/mol. The average molecular weight is 122 g/mol. The van der Waals surface area contributed by atoms with Crippen molar-refractivity contribution >= 4 is 26.1 Å². The van der Waals surface area contributed by atoms with Gasteiger partial charge in [0.15, 0.2) is 0 Å². The molecule has 0 radical (unpaired) electrons. The Morgan fingerprint density at radius 3 is 2.00 bits per heavy atom. The Hall–Kier alpha value is 0.190. The van der Waals surface area contributed by atoms with Gasteiger partial charge in [-0.05, 0) is 8.02 Å². The molecule has 0 saturated carbocycles. The van der Waals surface area contributed by atoms with Gasteiger partial charge in [0.1, 0.15) is 6.29 Å². The zero-order valence-corrected chi connectivity index (χ0v) is 5.42. The minimum atomic E-state index is 0.639. The van der Waals surface area contributed by atoms with Crippen molar-refractivity contribution in [2.75, 3.05) is 0 Å². The molecule has 0 atom stereocenters. The molecular formula is C3H7OPS. The van der Waals surface area contributed by atoms with Crippen LogP contribution in [-0.4, -0.2) is 6.29 Å². The molecule has 0 N–H and O–H groups in total. The van der Waals surface area contributed by atoms with E-state index in [4.69, 9.17) is 0 Å². The van der Waals surface area contributed by atoms with Crippen molar-refractivity contribution in [1.82, 2.24) is 0 Å². The Kier molecular flexibility index (Phi) is 30.1. The van der Waals surface area contributed by atoms with Crippen molar-refractivity contribution < 1.29 is 4.79 Å². The molecule has 0 aliphatic rings. The van der Waals surface area contributed by atoms with Gasteiger partial charge in [-0.2, -0.15) is 0 Å². The van der Waals surface area contributed by atoms with Crippen molar-refractivity contribution in [3.63, 3.8) is 0 Å². The molecule has 0 aromatic heterocycles. The van der Waals surface area contributed by atoms with Gasteiger partial charge in [-0.15, -0.1) is 0 Å². The molecule has 0 aliphatic carbocycles. The summed E-state index contributed by atoms with van der Waals surface area (Å²) in [5, 5.41) is 0. The third-order valence-corrected chi connectivity index (χ3v) is 0.167. The van der Waals surface area contributed by atoms with Crippen LogP contribution in [0.3, 0.4) is 0 Å². The third-order valence-electron chi connectivity index (χ3n) is 0.167. The van der Waals surface area contributed by atoms with Crippen LogP contribution < -0.4 is 0 Å². The maximum atomic E-state index is 9.17. The van der Waals surface area contributed by atoms with Crippen LogP contribution in [0.4, 0.5) is 0 Å². The summed E-state index contributed by atoms with van der Waals surface area (Å²) in [7, 11) is 2.56. The van der Waals surface area contributed by atoms with Gasteiger partial charge in [0.05, 0.1) is 0 Å². The lowest BCUT2D eigenvalue weighted by atomic mass is 10.6. The van der Waals surface area contributed by atoms with Crippen LogP contribution in [0.15, 0.2) is 0 Å². The predicted octanol–water partition coefficient (Wildman–Crippen LogP) is 1.19. The van der Waals surface area contributed by atoms with Crippen molar-refractivity contribution in [3.05, 3.63) is 0 Å². The van der Waals surface area contributed by atoms with E-state index in [0.29, 0.717) is 6.42 Å². The molecule has 0 aromatic rings. The van der Waals surface area contributed by atoms with Gasteiger partial charge in [0.2, 0.25) is 0 Å². The van der Waals surface area contributed by atoms with Crippen LogP contribution in [0.25, 0.3) is 0 Å². The molecule has 0 unspecified atom stereocenters.